The second-order valence-corrected chi connectivity index (χ2v) is 5.20. The smallest absolute Gasteiger partial charge is 0.330 e. The van der Waals surface area contributed by atoms with Crippen LogP contribution >= 0.6 is 10.6 Å². The van der Waals surface area contributed by atoms with Gasteiger partial charge in [0.2, 0.25) is 0 Å². The molecule has 2 aliphatic heterocycles. The van der Waals surface area contributed by atoms with Gasteiger partial charge in [-0.3, -0.25) is 9.59 Å². The van der Waals surface area contributed by atoms with E-state index < -0.39 is 10.6 Å². The van der Waals surface area contributed by atoms with Gasteiger partial charge < -0.3 is 8.37 Å². The van der Waals surface area contributed by atoms with Crippen molar-refractivity contribution < 1.29 is 18.0 Å². The number of hydrogen-bond acceptors (Lipinski definition) is 4. The highest BCUT2D eigenvalue weighted by Crippen LogP contribution is 2.58. The van der Waals surface area contributed by atoms with Crippen LogP contribution in [0, 0.1) is 0 Å². The van der Waals surface area contributed by atoms with Crippen LogP contribution in [-0.2, 0) is 18.0 Å². The van der Waals surface area contributed by atoms with Gasteiger partial charge in [-0.05, 0) is 0 Å². The largest absolute Gasteiger partial charge is 0.344 e. The fourth-order valence-corrected chi connectivity index (χ4v) is 3.56. The van der Waals surface area contributed by atoms with Gasteiger partial charge in [0.25, 0.3) is 0 Å². The summed E-state index contributed by atoms with van der Waals surface area (Å²) in [6.07, 6.45) is 0.811. The van der Waals surface area contributed by atoms with E-state index >= 15 is 0 Å². The molecule has 2 aliphatic rings. The van der Waals surface area contributed by atoms with Gasteiger partial charge in [-0.25, -0.2) is 0 Å². The maximum absolute atomic E-state index is 10.7. The normalized spacial score (nSPS) is 30.2. The molecule has 0 aliphatic carbocycles. The first-order valence-electron chi connectivity index (χ1n) is 3.43. The third kappa shape index (κ3) is 1.09. The van der Waals surface area contributed by atoms with E-state index in [0.29, 0.717) is 24.3 Å². The molecule has 0 unspecified atom stereocenters. The van der Waals surface area contributed by atoms with Crippen LogP contribution in [0.25, 0.3) is 0 Å². The molecule has 0 amide bonds. The maximum atomic E-state index is 10.7. The Morgan fingerprint density at radius 2 is 1.45 bits per heavy atom. The fraction of sp³-hybridized carbons (Fsp3) is 0.667. The molecule has 5 heteroatoms. The van der Waals surface area contributed by atoms with Crippen molar-refractivity contribution in [1.82, 2.24) is 0 Å². The topological polar surface area (TPSA) is 52.6 Å². The molecule has 0 N–H and O–H groups in total. The second kappa shape index (κ2) is 2.14. The Morgan fingerprint density at radius 1 is 1.00 bits per heavy atom. The second-order valence-electron chi connectivity index (χ2n) is 2.56. The summed E-state index contributed by atoms with van der Waals surface area (Å²) >= 11 is 0. The molecule has 2 saturated heterocycles. The number of carbonyl (C=O) groups is 2. The van der Waals surface area contributed by atoms with E-state index in [9.17, 15) is 9.59 Å². The van der Waals surface area contributed by atoms with Crippen molar-refractivity contribution in [2.75, 3.05) is 11.5 Å². The minimum absolute atomic E-state index is 0.227. The molecule has 0 radical (unpaired) electrons. The molecule has 0 atom stereocenters. The SMILES string of the molecule is O=C1CCS2(CCC(=O)O2)O1. The Labute approximate surface area is 65.6 Å². The fourth-order valence-electron chi connectivity index (χ4n) is 1.19. The van der Waals surface area contributed by atoms with Gasteiger partial charge in [-0.1, -0.05) is 0 Å². The Kier molecular flexibility index (Phi) is 1.35. The highest BCUT2D eigenvalue weighted by molar-refractivity contribution is 8.27. The van der Waals surface area contributed by atoms with E-state index in [1.165, 1.54) is 0 Å². The zero-order chi connectivity index (χ0) is 7.90. The van der Waals surface area contributed by atoms with Crippen molar-refractivity contribution in [3.63, 3.8) is 0 Å². The lowest BCUT2D eigenvalue weighted by atomic mass is 10.5. The average molecular weight is 176 g/mol. The Balaban J connectivity index is 2.13. The first-order valence-corrected chi connectivity index (χ1v) is 5.26. The van der Waals surface area contributed by atoms with Crippen LogP contribution in [0.1, 0.15) is 12.8 Å². The van der Waals surface area contributed by atoms with Gasteiger partial charge in [-0.2, -0.15) is 0 Å². The standard InChI is InChI=1S/C6H8O4S/c7-5-1-3-11(9-5)4-2-6(8)10-11/h1-4H2. The third-order valence-corrected chi connectivity index (χ3v) is 4.36. The predicted molar refractivity (Wildman–Crippen MR) is 38.7 cm³/mol. The van der Waals surface area contributed by atoms with E-state index in [0.717, 1.165) is 0 Å². The molecule has 2 fully saturated rings. The zero-order valence-electron chi connectivity index (χ0n) is 5.87. The van der Waals surface area contributed by atoms with Crippen LogP contribution in [0.3, 0.4) is 0 Å². The Morgan fingerprint density at radius 3 is 1.73 bits per heavy atom. The lowest BCUT2D eigenvalue weighted by Gasteiger charge is -2.29. The summed E-state index contributed by atoms with van der Waals surface area (Å²) in [4.78, 5) is 21.4. The maximum Gasteiger partial charge on any atom is 0.330 e. The van der Waals surface area contributed by atoms with E-state index in [1.54, 1.807) is 0 Å². The molecular formula is C6H8O4S. The Hall–Kier alpha value is -0.710. The van der Waals surface area contributed by atoms with Gasteiger partial charge in [0.15, 0.2) is 0 Å². The van der Waals surface area contributed by atoms with Gasteiger partial charge in [0.1, 0.15) is 0 Å². The molecule has 0 bridgehead atoms. The molecule has 11 heavy (non-hydrogen) atoms. The van der Waals surface area contributed by atoms with Gasteiger partial charge in [-0.15, -0.1) is 10.6 Å². The number of rotatable bonds is 0. The highest BCUT2D eigenvalue weighted by atomic mass is 32.3. The third-order valence-electron chi connectivity index (χ3n) is 1.72. The molecule has 2 rings (SSSR count). The lowest BCUT2D eigenvalue weighted by Crippen LogP contribution is -2.02. The van der Waals surface area contributed by atoms with Crippen LogP contribution < -0.4 is 0 Å². The highest BCUT2D eigenvalue weighted by Gasteiger charge is 2.40. The lowest BCUT2D eigenvalue weighted by molar-refractivity contribution is -0.133. The van der Waals surface area contributed by atoms with Crippen molar-refractivity contribution >= 4 is 22.5 Å². The molecule has 0 aromatic rings. The molecule has 1 spiro atoms. The van der Waals surface area contributed by atoms with Gasteiger partial charge >= 0.3 is 11.9 Å². The van der Waals surface area contributed by atoms with Crippen molar-refractivity contribution in [2.24, 2.45) is 0 Å². The molecule has 0 aromatic heterocycles. The number of carbonyl (C=O) groups excluding carboxylic acids is 2. The molecule has 0 aromatic carbocycles. The van der Waals surface area contributed by atoms with Crippen molar-refractivity contribution in [2.45, 2.75) is 12.8 Å². The molecular weight excluding hydrogens is 168 g/mol. The summed E-state index contributed by atoms with van der Waals surface area (Å²) in [6, 6.07) is 0. The predicted octanol–water partition coefficient (Wildman–Crippen LogP) is 0.515. The van der Waals surface area contributed by atoms with Crippen LogP contribution in [0.2, 0.25) is 0 Å². The quantitative estimate of drug-likeness (QED) is 0.539. The van der Waals surface area contributed by atoms with E-state index in [2.05, 4.69) is 0 Å². The zero-order valence-corrected chi connectivity index (χ0v) is 6.69. The van der Waals surface area contributed by atoms with E-state index in [1.807, 2.05) is 0 Å². The molecule has 62 valence electrons. The van der Waals surface area contributed by atoms with Crippen LogP contribution in [-0.4, -0.2) is 23.4 Å². The van der Waals surface area contributed by atoms with Gasteiger partial charge in [0.05, 0.1) is 24.3 Å². The summed E-state index contributed by atoms with van der Waals surface area (Å²) in [5.41, 5.74) is 0. The molecule has 2 heterocycles. The van der Waals surface area contributed by atoms with Crippen LogP contribution in [0.4, 0.5) is 0 Å². The monoisotopic (exact) mass is 176 g/mol. The molecule has 0 saturated carbocycles. The first-order chi connectivity index (χ1) is 5.20. The summed E-state index contributed by atoms with van der Waals surface area (Å²) in [7, 11) is -1.72. The average Bonchev–Trinajstić information content (AvgIpc) is 2.44. The summed E-state index contributed by atoms with van der Waals surface area (Å²) < 4.78 is 9.96. The first kappa shape index (κ1) is 6.97. The summed E-state index contributed by atoms with van der Waals surface area (Å²) in [5.74, 6) is 0.763. The van der Waals surface area contributed by atoms with Crippen molar-refractivity contribution in [3.8, 4) is 0 Å². The number of hydrogen-bond donors (Lipinski definition) is 0. The van der Waals surface area contributed by atoms with E-state index in [-0.39, 0.29) is 11.9 Å². The van der Waals surface area contributed by atoms with Crippen LogP contribution in [0.5, 0.6) is 0 Å². The van der Waals surface area contributed by atoms with Gasteiger partial charge in [0, 0.05) is 0 Å². The van der Waals surface area contributed by atoms with Crippen molar-refractivity contribution in [3.05, 3.63) is 0 Å². The van der Waals surface area contributed by atoms with Crippen LogP contribution in [0.15, 0.2) is 0 Å². The Bertz CT molecular complexity index is 201. The summed E-state index contributed by atoms with van der Waals surface area (Å²) in [5, 5.41) is 0. The van der Waals surface area contributed by atoms with Crippen molar-refractivity contribution in [1.29, 1.82) is 0 Å². The molecule has 4 nitrogen and oxygen atoms in total. The minimum atomic E-state index is -1.72. The summed E-state index contributed by atoms with van der Waals surface area (Å²) in [6.45, 7) is 0. The van der Waals surface area contributed by atoms with E-state index in [4.69, 9.17) is 8.37 Å². The minimum Gasteiger partial charge on any atom is -0.344 e.